The molecule has 1 aromatic carbocycles. The molecule has 0 saturated carbocycles. The summed E-state index contributed by atoms with van der Waals surface area (Å²) in [5, 5.41) is -0.348. The fraction of sp³-hybridized carbons (Fsp3) is 0.429. The van der Waals surface area contributed by atoms with Gasteiger partial charge in [0.2, 0.25) is 10.0 Å². The zero-order valence-corrected chi connectivity index (χ0v) is 11.4. The zero-order valence-electron chi connectivity index (χ0n) is 22.6. The summed E-state index contributed by atoms with van der Waals surface area (Å²) < 4.78 is 119. The van der Waals surface area contributed by atoms with Crippen LogP contribution in [0.3, 0.4) is 0 Å². The fourth-order valence-corrected chi connectivity index (χ4v) is 2.14. The number of nitrogens with one attached hydrogen (secondary N) is 2. The van der Waals surface area contributed by atoms with Gasteiger partial charge in [-0.2, -0.15) is 0 Å². The average molecular weight is 307 g/mol. The first-order valence-corrected chi connectivity index (χ1v) is 7.17. The van der Waals surface area contributed by atoms with Gasteiger partial charge in [-0.05, 0) is 50.6 Å². The molecule has 6 heteroatoms. The van der Waals surface area contributed by atoms with E-state index in [9.17, 15) is 8.42 Å². The first-order chi connectivity index (χ1) is 14.2. The van der Waals surface area contributed by atoms with E-state index in [2.05, 4.69) is 4.98 Å². The third kappa shape index (κ3) is 3.59. The highest BCUT2D eigenvalue weighted by Crippen LogP contribution is 2.21. The van der Waals surface area contributed by atoms with Crippen molar-refractivity contribution in [2.45, 2.75) is 12.1 Å². The van der Waals surface area contributed by atoms with Gasteiger partial charge in [0.15, 0.2) is 0 Å². The fourth-order valence-electron chi connectivity index (χ4n) is 1.54. The Kier molecular flexibility index (Phi) is 1.72. The van der Waals surface area contributed by atoms with E-state index >= 15 is 0 Å². The van der Waals surface area contributed by atoms with Crippen LogP contribution >= 0.6 is 0 Å². The van der Waals surface area contributed by atoms with Crippen LogP contribution in [-0.2, 0) is 22.1 Å². The predicted octanol–water partition coefficient (Wildman–Crippen LogP) is 1.32. The maximum Gasteiger partial charge on any atom is 0.215 e. The molecule has 1 heterocycles. The van der Waals surface area contributed by atoms with Gasteiger partial charge in [0.05, 0.1) is 11.2 Å². The summed E-state index contributed by atoms with van der Waals surface area (Å²) in [5.41, 5.74) is -1.28. The Morgan fingerprint density at radius 2 is 2.40 bits per heavy atom. The van der Waals surface area contributed by atoms with Gasteiger partial charge in [-0.25, -0.2) is 13.1 Å². The molecule has 2 aromatic rings. The number of hydrogen-bond acceptors (Lipinski definition) is 3. The Bertz CT molecular complexity index is 1140. The smallest absolute Gasteiger partial charge is 0.215 e. The van der Waals surface area contributed by atoms with Crippen molar-refractivity contribution in [1.82, 2.24) is 14.6 Å². The van der Waals surface area contributed by atoms with Gasteiger partial charge in [0.1, 0.15) is 0 Å². The van der Waals surface area contributed by atoms with Crippen LogP contribution in [0.2, 0.25) is 0 Å². The highest BCUT2D eigenvalue weighted by atomic mass is 32.2. The summed E-state index contributed by atoms with van der Waals surface area (Å²) in [7, 11) is -3.43. The summed E-state index contributed by atoms with van der Waals surface area (Å²) in [4.78, 5) is 3.13. The molecule has 0 atom stereocenters. The summed E-state index contributed by atoms with van der Waals surface area (Å²) in [6.45, 7) is -6.44. The van der Waals surface area contributed by atoms with Crippen molar-refractivity contribution >= 4 is 20.9 Å². The van der Waals surface area contributed by atoms with Crippen LogP contribution < -0.4 is 4.72 Å². The molecule has 20 heavy (non-hydrogen) atoms. The zero-order chi connectivity index (χ0) is 25.0. The second-order valence-corrected chi connectivity index (χ2v) is 5.84. The monoisotopic (exact) mass is 307 g/mol. The SMILES string of the molecule is [2H]c1[nH]c2c([2H])c([2H])c(CS(=O)(=O)NC([2H])([2H])[2H])c([2H])c2c1C([2H])([2H])CN(C)C([2H])([2H])[2H]. The van der Waals surface area contributed by atoms with Crippen molar-refractivity contribution in [2.75, 3.05) is 27.5 Å². The quantitative estimate of drug-likeness (QED) is 0.846. The van der Waals surface area contributed by atoms with Crippen LogP contribution in [0.25, 0.3) is 10.9 Å². The molecule has 110 valence electrons. The normalized spacial score (nSPS) is 23.1. The second-order valence-electron chi connectivity index (χ2n) is 4.12. The molecule has 0 aliphatic heterocycles. The molecule has 2 rings (SSSR count). The molecule has 0 bridgehead atoms. The lowest BCUT2D eigenvalue weighted by atomic mass is 10.1. The van der Waals surface area contributed by atoms with E-state index < -0.39 is 78.1 Å². The molecule has 0 aliphatic carbocycles. The van der Waals surface area contributed by atoms with E-state index in [0.717, 1.165) is 11.9 Å². The Balaban J connectivity index is 2.73. The number of fused-ring (bicyclic) bond motifs is 1. The van der Waals surface area contributed by atoms with Gasteiger partial charge in [-0.1, -0.05) is 6.04 Å². The summed E-state index contributed by atoms with van der Waals surface area (Å²) in [6.07, 6.45) is -3.08. The van der Waals surface area contributed by atoms with Gasteiger partial charge >= 0.3 is 0 Å². The van der Waals surface area contributed by atoms with Crippen molar-refractivity contribution in [3.63, 3.8) is 0 Å². The number of likely N-dealkylation sites (N-methyl/N-ethyl adjacent to an activating group) is 1. The lowest BCUT2D eigenvalue weighted by Crippen LogP contribution is -2.20. The van der Waals surface area contributed by atoms with Crippen LogP contribution in [0, 0.1) is 0 Å². The molecule has 0 spiro atoms. The number of hydrogen-bond donors (Lipinski definition) is 2. The Morgan fingerprint density at radius 1 is 1.55 bits per heavy atom. The van der Waals surface area contributed by atoms with Gasteiger partial charge < -0.3 is 9.88 Å². The average Bonchev–Trinajstić information content (AvgIpc) is 2.91. The second kappa shape index (κ2) is 5.95. The Morgan fingerprint density at radius 3 is 3.15 bits per heavy atom. The number of H-pyrrole nitrogens is 1. The van der Waals surface area contributed by atoms with Crippen LogP contribution in [0.1, 0.15) is 27.6 Å². The molecule has 0 saturated heterocycles. The minimum Gasteiger partial charge on any atom is -0.361 e. The molecular formula is C14H21N3O2S. The van der Waals surface area contributed by atoms with Gasteiger partial charge in [-0.15, -0.1) is 0 Å². The summed E-state index contributed by atoms with van der Waals surface area (Å²) >= 11 is 0. The highest BCUT2D eigenvalue weighted by molar-refractivity contribution is 7.88. The molecule has 5 nitrogen and oxygen atoms in total. The van der Waals surface area contributed by atoms with Gasteiger partial charge in [0.25, 0.3) is 0 Å². The standard InChI is InChI=1S/C14H21N3O2S/c1-15-20(18,19)10-11-4-5-14-13(8-11)12(9-16-14)6-7-17(2)3/h4-5,8-9,15-16H,6-7,10H2,1-3H3/i1D3,2D3,4D,5D,6D2,8D,9D. The first kappa shape index (κ1) is 5.79. The molecule has 2 N–H and O–H groups in total. The largest absolute Gasteiger partial charge is 0.361 e. The van der Waals surface area contributed by atoms with E-state index in [-0.39, 0.29) is 10.9 Å². The predicted molar refractivity (Wildman–Crippen MR) is 82.2 cm³/mol. The lowest BCUT2D eigenvalue weighted by Gasteiger charge is -2.08. The van der Waals surface area contributed by atoms with Crippen molar-refractivity contribution < 1.29 is 24.9 Å². The third-order valence-corrected chi connectivity index (χ3v) is 3.39. The maximum atomic E-state index is 12.2. The van der Waals surface area contributed by atoms with E-state index in [0.29, 0.717) is 0 Å². The molecule has 0 aliphatic rings. The van der Waals surface area contributed by atoms with E-state index in [1.807, 2.05) is 0 Å². The first-order valence-electron chi connectivity index (χ1n) is 11.5. The minimum atomic E-state index is -4.57. The Labute approximate surface area is 136 Å². The minimum absolute atomic E-state index is 0.259. The molecule has 1 aromatic heterocycles. The van der Waals surface area contributed by atoms with E-state index in [1.54, 1.807) is 0 Å². The van der Waals surface area contributed by atoms with Crippen molar-refractivity contribution in [1.29, 1.82) is 0 Å². The van der Waals surface area contributed by atoms with Crippen LogP contribution in [0.15, 0.2) is 24.3 Å². The number of rotatable bonds is 6. The van der Waals surface area contributed by atoms with E-state index in [4.69, 9.17) is 16.4 Å². The van der Waals surface area contributed by atoms with Crippen LogP contribution in [-0.4, -0.2) is 45.8 Å². The number of nitrogens with zero attached hydrogens (tertiary/aromatic N) is 1. The van der Waals surface area contributed by atoms with Crippen molar-refractivity contribution in [2.24, 2.45) is 0 Å². The molecule has 0 amide bonds. The number of benzene rings is 1. The highest BCUT2D eigenvalue weighted by Gasteiger charge is 2.11. The van der Waals surface area contributed by atoms with E-state index in [1.165, 1.54) is 4.72 Å². The topological polar surface area (TPSA) is 65.2 Å². The third-order valence-electron chi connectivity index (χ3n) is 2.41. The number of aromatic nitrogens is 1. The van der Waals surface area contributed by atoms with Crippen molar-refractivity contribution in [3.05, 3.63) is 35.4 Å². The van der Waals surface area contributed by atoms with Crippen molar-refractivity contribution in [3.8, 4) is 0 Å². The summed E-state index contributed by atoms with van der Waals surface area (Å²) in [5.74, 6) is -1.14. The lowest BCUT2D eigenvalue weighted by molar-refractivity contribution is 0.414. The number of sulfonamides is 1. The maximum absolute atomic E-state index is 12.2. The summed E-state index contributed by atoms with van der Waals surface area (Å²) in [6, 6.07) is -2.00. The Hall–Kier alpha value is -1.37. The molecular weight excluding hydrogens is 274 g/mol. The number of aromatic amines is 1. The van der Waals surface area contributed by atoms with Crippen LogP contribution in [0.4, 0.5) is 0 Å². The molecule has 0 unspecified atom stereocenters. The molecule has 0 fully saturated rings. The van der Waals surface area contributed by atoms with Gasteiger partial charge in [-0.3, -0.25) is 0 Å². The van der Waals surface area contributed by atoms with Gasteiger partial charge in [0, 0.05) is 34.6 Å². The molecule has 0 radical (unpaired) electrons. The van der Waals surface area contributed by atoms with Crippen LogP contribution in [0.5, 0.6) is 0 Å².